The zero-order valence-corrected chi connectivity index (χ0v) is 14.3. The van der Waals surface area contributed by atoms with Crippen molar-refractivity contribution in [2.24, 2.45) is 0 Å². The van der Waals surface area contributed by atoms with Gasteiger partial charge in [-0.3, -0.25) is 9.59 Å². The lowest BCUT2D eigenvalue weighted by molar-refractivity contribution is -0.136. The van der Waals surface area contributed by atoms with Gasteiger partial charge in [0.15, 0.2) is 0 Å². The number of rotatable bonds is 3. The van der Waals surface area contributed by atoms with E-state index in [1.54, 1.807) is 29.5 Å². The van der Waals surface area contributed by atoms with Gasteiger partial charge in [-0.2, -0.15) is 5.26 Å². The van der Waals surface area contributed by atoms with Crippen molar-refractivity contribution < 1.29 is 9.59 Å². The Labute approximate surface area is 148 Å². The lowest BCUT2D eigenvalue weighted by atomic mass is 10.1. The van der Waals surface area contributed by atoms with Crippen LogP contribution in [0.3, 0.4) is 0 Å². The first-order valence-corrected chi connectivity index (χ1v) is 8.54. The average Bonchev–Trinajstić information content (AvgIpc) is 3.06. The highest BCUT2D eigenvalue weighted by Gasteiger charge is 2.19. The summed E-state index contributed by atoms with van der Waals surface area (Å²) in [6, 6.07) is 16.0. The van der Waals surface area contributed by atoms with Crippen molar-refractivity contribution in [1.29, 1.82) is 5.26 Å². The number of hydrogen-bond acceptors (Lipinski definition) is 4. The molecule has 0 aliphatic heterocycles. The number of carbonyl (C=O) groups excluding carboxylic acids is 2. The Morgan fingerprint density at radius 2 is 1.92 bits per heavy atom. The van der Waals surface area contributed by atoms with E-state index in [4.69, 9.17) is 5.26 Å². The van der Waals surface area contributed by atoms with Gasteiger partial charge in [0.2, 0.25) is 0 Å². The predicted octanol–water partition coefficient (Wildman–Crippen LogP) is 3.59. The number of carbonyl (C=O) groups is 2. The Morgan fingerprint density at radius 3 is 2.72 bits per heavy atom. The molecule has 0 saturated carbocycles. The highest BCUT2D eigenvalue weighted by molar-refractivity contribution is 7.17. The first-order valence-electron chi connectivity index (χ1n) is 7.66. The first kappa shape index (κ1) is 16.7. The number of nitriles is 1. The summed E-state index contributed by atoms with van der Waals surface area (Å²) in [5, 5.41) is 17.2. The fourth-order valence-corrected chi connectivity index (χ4v) is 3.58. The van der Waals surface area contributed by atoms with Crippen molar-refractivity contribution in [3.05, 3.63) is 65.0 Å². The Bertz CT molecular complexity index is 987. The molecule has 124 valence electrons. The van der Waals surface area contributed by atoms with Crippen molar-refractivity contribution in [1.82, 2.24) is 5.32 Å². The summed E-state index contributed by atoms with van der Waals surface area (Å²) in [5.74, 6) is -1.48. The van der Waals surface area contributed by atoms with Gasteiger partial charge in [-0.05, 0) is 47.5 Å². The summed E-state index contributed by atoms with van der Waals surface area (Å²) in [6.07, 6.45) is 0. The molecule has 2 N–H and O–H groups in total. The monoisotopic (exact) mass is 349 g/mol. The quantitative estimate of drug-likeness (QED) is 0.709. The van der Waals surface area contributed by atoms with Crippen LogP contribution in [-0.4, -0.2) is 11.8 Å². The molecule has 1 aromatic heterocycles. The number of benzene rings is 2. The second-order valence-electron chi connectivity index (χ2n) is 5.53. The van der Waals surface area contributed by atoms with Gasteiger partial charge in [-0.15, -0.1) is 11.3 Å². The van der Waals surface area contributed by atoms with Gasteiger partial charge in [-0.25, -0.2) is 0 Å². The summed E-state index contributed by atoms with van der Waals surface area (Å²) >= 11 is 1.60. The number of anilines is 1. The second-order valence-corrected chi connectivity index (χ2v) is 6.44. The molecule has 0 bridgehead atoms. The topological polar surface area (TPSA) is 82.0 Å². The molecule has 2 aromatic carbocycles. The zero-order valence-electron chi connectivity index (χ0n) is 13.4. The van der Waals surface area contributed by atoms with E-state index in [0.29, 0.717) is 11.3 Å². The van der Waals surface area contributed by atoms with Crippen LogP contribution in [0.2, 0.25) is 0 Å². The molecule has 5 nitrogen and oxygen atoms in total. The molecule has 1 atom stereocenters. The van der Waals surface area contributed by atoms with Crippen LogP contribution in [-0.2, 0) is 9.59 Å². The van der Waals surface area contributed by atoms with Crippen molar-refractivity contribution in [2.75, 3.05) is 5.32 Å². The second kappa shape index (κ2) is 7.16. The number of nitrogens with one attached hydrogen (secondary N) is 2. The van der Waals surface area contributed by atoms with Crippen LogP contribution in [0.15, 0.2) is 53.9 Å². The molecule has 0 fully saturated rings. The van der Waals surface area contributed by atoms with Crippen molar-refractivity contribution in [3.63, 3.8) is 0 Å². The molecule has 0 saturated heterocycles. The molecular weight excluding hydrogens is 334 g/mol. The smallest absolute Gasteiger partial charge is 0.313 e. The van der Waals surface area contributed by atoms with Gasteiger partial charge >= 0.3 is 11.8 Å². The van der Waals surface area contributed by atoms with Crippen molar-refractivity contribution in [3.8, 4) is 6.07 Å². The fraction of sp³-hybridized carbons (Fsp3) is 0.105. The minimum absolute atomic E-state index is 0.292. The third-order valence-corrected chi connectivity index (χ3v) is 4.76. The van der Waals surface area contributed by atoms with E-state index in [0.717, 1.165) is 15.6 Å². The highest BCUT2D eigenvalue weighted by Crippen LogP contribution is 2.29. The molecule has 1 heterocycles. The number of nitrogens with zero attached hydrogens (tertiary/aromatic N) is 1. The standard InChI is InChI=1S/C19H15N3O2S/c1-12(16-11-25-17-8-3-2-7-15(16)17)21-18(23)19(24)22-14-6-4-5-13(9-14)10-20/h2-9,11-12H,1H3,(H,21,23)(H,22,24). The van der Waals surface area contributed by atoms with Crippen LogP contribution in [0.1, 0.15) is 24.1 Å². The van der Waals surface area contributed by atoms with Gasteiger partial charge in [0.1, 0.15) is 0 Å². The molecule has 0 spiro atoms. The third-order valence-electron chi connectivity index (χ3n) is 3.78. The van der Waals surface area contributed by atoms with Crippen LogP contribution in [0.5, 0.6) is 0 Å². The lowest BCUT2D eigenvalue weighted by Crippen LogP contribution is -2.36. The molecule has 0 radical (unpaired) electrons. The van der Waals surface area contributed by atoms with E-state index in [1.807, 2.05) is 42.6 Å². The maximum atomic E-state index is 12.2. The van der Waals surface area contributed by atoms with Gasteiger partial charge in [0.25, 0.3) is 0 Å². The molecule has 3 aromatic rings. The molecule has 25 heavy (non-hydrogen) atoms. The molecule has 3 rings (SSSR count). The molecular formula is C19H15N3O2S. The van der Waals surface area contributed by atoms with Crippen LogP contribution in [0.4, 0.5) is 5.69 Å². The van der Waals surface area contributed by atoms with Crippen molar-refractivity contribution in [2.45, 2.75) is 13.0 Å². The predicted molar refractivity (Wildman–Crippen MR) is 98.2 cm³/mol. The van der Waals surface area contributed by atoms with Crippen LogP contribution < -0.4 is 10.6 Å². The maximum Gasteiger partial charge on any atom is 0.313 e. The Balaban J connectivity index is 1.68. The van der Waals surface area contributed by atoms with E-state index in [-0.39, 0.29) is 6.04 Å². The Hall–Kier alpha value is -3.17. The SMILES string of the molecule is CC(NC(=O)C(=O)Nc1cccc(C#N)c1)c1csc2ccccc12. The molecule has 0 aliphatic carbocycles. The van der Waals surface area contributed by atoms with E-state index in [2.05, 4.69) is 10.6 Å². The summed E-state index contributed by atoms with van der Waals surface area (Å²) in [4.78, 5) is 24.2. The van der Waals surface area contributed by atoms with Crippen LogP contribution in [0.25, 0.3) is 10.1 Å². The number of fused-ring (bicyclic) bond motifs is 1. The summed E-state index contributed by atoms with van der Waals surface area (Å²) in [5.41, 5.74) is 1.80. The first-order chi connectivity index (χ1) is 12.1. The van der Waals surface area contributed by atoms with Crippen LogP contribution in [0, 0.1) is 11.3 Å². The van der Waals surface area contributed by atoms with E-state index >= 15 is 0 Å². The maximum absolute atomic E-state index is 12.2. The summed E-state index contributed by atoms with van der Waals surface area (Å²) in [7, 11) is 0. The highest BCUT2D eigenvalue weighted by atomic mass is 32.1. The average molecular weight is 349 g/mol. The Morgan fingerprint density at radius 1 is 1.12 bits per heavy atom. The van der Waals surface area contributed by atoms with Gasteiger partial charge < -0.3 is 10.6 Å². The van der Waals surface area contributed by atoms with Crippen molar-refractivity contribution >= 4 is 38.9 Å². The zero-order chi connectivity index (χ0) is 17.8. The number of thiophene rings is 1. The normalized spacial score (nSPS) is 11.5. The summed E-state index contributed by atoms with van der Waals surface area (Å²) < 4.78 is 1.14. The van der Waals surface area contributed by atoms with Gasteiger partial charge in [-0.1, -0.05) is 24.3 Å². The molecule has 0 aliphatic rings. The number of hydrogen-bond donors (Lipinski definition) is 2. The number of amides is 2. The largest absolute Gasteiger partial charge is 0.341 e. The molecule has 1 unspecified atom stereocenters. The van der Waals surface area contributed by atoms with E-state index in [9.17, 15) is 9.59 Å². The summed E-state index contributed by atoms with van der Waals surface area (Å²) in [6.45, 7) is 1.84. The van der Waals surface area contributed by atoms with E-state index < -0.39 is 11.8 Å². The molecule has 6 heteroatoms. The lowest BCUT2D eigenvalue weighted by Gasteiger charge is -2.13. The third kappa shape index (κ3) is 3.67. The fourth-order valence-electron chi connectivity index (χ4n) is 2.53. The molecule has 2 amide bonds. The minimum Gasteiger partial charge on any atom is -0.341 e. The van der Waals surface area contributed by atoms with Crippen LogP contribution >= 0.6 is 11.3 Å². The van der Waals surface area contributed by atoms with E-state index in [1.165, 1.54) is 6.07 Å². The van der Waals surface area contributed by atoms with Gasteiger partial charge in [0, 0.05) is 10.4 Å². The minimum atomic E-state index is -0.763. The Kier molecular flexibility index (Phi) is 4.78. The van der Waals surface area contributed by atoms with Gasteiger partial charge in [0.05, 0.1) is 17.7 Å².